The highest BCUT2D eigenvalue weighted by molar-refractivity contribution is 7.18. The van der Waals surface area contributed by atoms with Gasteiger partial charge in [0.1, 0.15) is 23.0 Å². The number of carbonyl (C=O) groups excluding carboxylic acids is 2. The van der Waals surface area contributed by atoms with Crippen LogP contribution in [0.5, 0.6) is 0 Å². The maximum absolute atomic E-state index is 13.7. The van der Waals surface area contributed by atoms with Crippen molar-refractivity contribution in [3.05, 3.63) is 52.2 Å². The fraction of sp³-hybridized carbons (Fsp3) is 0.391. The number of rotatable bonds is 5. The average molecular weight is 474 g/mol. The molecule has 1 saturated heterocycles. The molecule has 33 heavy (non-hydrogen) atoms. The number of fused-ring (bicyclic) bond motifs is 1. The van der Waals surface area contributed by atoms with Gasteiger partial charge in [-0.2, -0.15) is 0 Å². The SMILES string of the molecule is CNC(=O)C(NC(=O)C1CCN(c2ncnc3sc(C)c(C)c23)CC1)c1ccc(F)c(F)c1. The Kier molecular flexibility index (Phi) is 6.55. The zero-order chi connectivity index (χ0) is 23.7. The van der Waals surface area contributed by atoms with Gasteiger partial charge in [0.15, 0.2) is 11.6 Å². The fourth-order valence-corrected chi connectivity index (χ4v) is 5.15. The standard InChI is InChI=1S/C23H25F2N5O2S/c1-12-13(2)33-23-18(12)20(27-11-28-23)30-8-6-14(7-9-30)21(31)29-19(22(32)26-3)15-4-5-16(24)17(25)10-15/h4-5,10-11,14,19H,6-9H2,1-3H3,(H,26,32)(H,29,31). The zero-order valence-corrected chi connectivity index (χ0v) is 19.4. The molecule has 0 saturated carbocycles. The van der Waals surface area contributed by atoms with Gasteiger partial charge in [-0.1, -0.05) is 6.07 Å². The lowest BCUT2D eigenvalue weighted by molar-refractivity contribution is -0.131. The minimum atomic E-state index is -1.10. The molecule has 0 aliphatic carbocycles. The molecule has 1 aromatic carbocycles. The number of hydrogen-bond donors (Lipinski definition) is 2. The van der Waals surface area contributed by atoms with E-state index in [0.717, 1.165) is 28.2 Å². The second kappa shape index (κ2) is 9.38. The van der Waals surface area contributed by atoms with E-state index in [2.05, 4.69) is 39.3 Å². The molecule has 3 heterocycles. The molecule has 1 atom stereocenters. The topological polar surface area (TPSA) is 87.2 Å². The number of likely N-dealkylation sites (N-methyl/N-ethyl adjacent to an activating group) is 1. The molecule has 3 aromatic rings. The summed E-state index contributed by atoms with van der Waals surface area (Å²) in [5, 5.41) is 6.24. The Bertz CT molecular complexity index is 1210. The van der Waals surface area contributed by atoms with Gasteiger partial charge in [0, 0.05) is 30.9 Å². The van der Waals surface area contributed by atoms with Crippen molar-refractivity contribution in [2.75, 3.05) is 25.0 Å². The highest BCUT2D eigenvalue weighted by Crippen LogP contribution is 2.35. The maximum Gasteiger partial charge on any atom is 0.246 e. The maximum atomic E-state index is 13.7. The van der Waals surface area contributed by atoms with E-state index in [9.17, 15) is 18.4 Å². The molecule has 1 fully saturated rings. The molecule has 0 radical (unpaired) electrons. The van der Waals surface area contributed by atoms with E-state index in [0.29, 0.717) is 25.9 Å². The van der Waals surface area contributed by atoms with Gasteiger partial charge in [-0.25, -0.2) is 18.7 Å². The van der Waals surface area contributed by atoms with Crippen LogP contribution in [-0.4, -0.2) is 41.9 Å². The molecule has 2 N–H and O–H groups in total. The molecule has 2 amide bonds. The van der Waals surface area contributed by atoms with Gasteiger partial charge >= 0.3 is 0 Å². The number of hydrogen-bond acceptors (Lipinski definition) is 6. The number of aromatic nitrogens is 2. The molecule has 0 bridgehead atoms. The normalized spacial score (nSPS) is 15.5. The van der Waals surface area contributed by atoms with E-state index in [1.165, 1.54) is 23.6 Å². The van der Waals surface area contributed by atoms with Gasteiger partial charge < -0.3 is 15.5 Å². The number of nitrogens with one attached hydrogen (secondary N) is 2. The summed E-state index contributed by atoms with van der Waals surface area (Å²) in [6.07, 6.45) is 2.73. The first-order chi connectivity index (χ1) is 15.8. The summed E-state index contributed by atoms with van der Waals surface area (Å²) >= 11 is 1.64. The monoisotopic (exact) mass is 473 g/mol. The molecule has 1 unspecified atom stereocenters. The van der Waals surface area contributed by atoms with Crippen LogP contribution in [-0.2, 0) is 9.59 Å². The van der Waals surface area contributed by atoms with Gasteiger partial charge in [-0.05, 0) is 49.9 Å². The number of piperidine rings is 1. The predicted molar refractivity (Wildman–Crippen MR) is 123 cm³/mol. The fourth-order valence-electron chi connectivity index (χ4n) is 4.15. The number of halogens is 2. The first-order valence-electron chi connectivity index (χ1n) is 10.7. The summed E-state index contributed by atoms with van der Waals surface area (Å²) in [5.74, 6) is -2.30. The van der Waals surface area contributed by atoms with Crippen molar-refractivity contribution in [2.45, 2.75) is 32.7 Å². The summed E-state index contributed by atoms with van der Waals surface area (Å²) in [5.41, 5.74) is 1.36. The van der Waals surface area contributed by atoms with Crippen LogP contribution < -0.4 is 15.5 Å². The minimum absolute atomic E-state index is 0.186. The van der Waals surface area contributed by atoms with E-state index in [4.69, 9.17) is 0 Å². The second-order valence-corrected chi connectivity index (χ2v) is 9.35. The Morgan fingerprint density at radius 3 is 2.55 bits per heavy atom. The molecule has 174 valence electrons. The minimum Gasteiger partial charge on any atom is -0.357 e. The Morgan fingerprint density at radius 2 is 1.88 bits per heavy atom. The van der Waals surface area contributed by atoms with Crippen molar-refractivity contribution >= 4 is 39.2 Å². The van der Waals surface area contributed by atoms with E-state index in [-0.39, 0.29) is 17.4 Å². The van der Waals surface area contributed by atoms with Gasteiger partial charge in [0.25, 0.3) is 0 Å². The lowest BCUT2D eigenvalue weighted by atomic mass is 9.94. The van der Waals surface area contributed by atoms with Crippen molar-refractivity contribution in [3.63, 3.8) is 0 Å². The number of amides is 2. The van der Waals surface area contributed by atoms with Crippen LogP contribution in [0.15, 0.2) is 24.5 Å². The van der Waals surface area contributed by atoms with E-state index in [1.54, 1.807) is 17.7 Å². The average Bonchev–Trinajstić information content (AvgIpc) is 3.12. The number of thiophene rings is 1. The third-order valence-corrected chi connectivity index (χ3v) is 7.30. The second-order valence-electron chi connectivity index (χ2n) is 8.15. The molecule has 1 aliphatic rings. The summed E-state index contributed by atoms with van der Waals surface area (Å²) in [4.78, 5) is 38.6. The van der Waals surface area contributed by atoms with Crippen LogP contribution in [0.2, 0.25) is 0 Å². The van der Waals surface area contributed by atoms with E-state index in [1.807, 2.05) is 0 Å². The van der Waals surface area contributed by atoms with Crippen molar-refractivity contribution in [1.29, 1.82) is 0 Å². The van der Waals surface area contributed by atoms with Crippen LogP contribution in [0.1, 0.15) is 34.9 Å². The predicted octanol–water partition coefficient (Wildman–Crippen LogP) is 3.41. The van der Waals surface area contributed by atoms with Crippen LogP contribution in [0.4, 0.5) is 14.6 Å². The van der Waals surface area contributed by atoms with Crippen molar-refractivity contribution < 1.29 is 18.4 Å². The molecule has 4 rings (SSSR count). The quantitative estimate of drug-likeness (QED) is 0.593. The van der Waals surface area contributed by atoms with E-state index < -0.39 is 23.6 Å². The van der Waals surface area contributed by atoms with Crippen LogP contribution >= 0.6 is 11.3 Å². The Labute approximate surface area is 194 Å². The van der Waals surface area contributed by atoms with Crippen molar-refractivity contribution in [2.24, 2.45) is 5.92 Å². The highest BCUT2D eigenvalue weighted by Gasteiger charge is 2.31. The Hall–Kier alpha value is -3.14. The first kappa shape index (κ1) is 23.0. The third kappa shape index (κ3) is 4.52. The van der Waals surface area contributed by atoms with Crippen LogP contribution in [0, 0.1) is 31.4 Å². The summed E-state index contributed by atoms with van der Waals surface area (Å²) in [6.45, 7) is 5.40. The lowest BCUT2D eigenvalue weighted by Crippen LogP contribution is -2.45. The van der Waals surface area contributed by atoms with Gasteiger partial charge in [-0.3, -0.25) is 9.59 Å². The summed E-state index contributed by atoms with van der Waals surface area (Å²) in [6, 6.07) is 2.08. The Balaban J connectivity index is 1.46. The van der Waals surface area contributed by atoms with Gasteiger partial charge in [0.05, 0.1) is 5.39 Å². The number of nitrogens with zero attached hydrogens (tertiary/aromatic N) is 3. The molecular weight excluding hydrogens is 448 g/mol. The van der Waals surface area contributed by atoms with Crippen molar-refractivity contribution in [3.8, 4) is 0 Å². The molecular formula is C23H25F2N5O2S. The molecule has 7 nitrogen and oxygen atoms in total. The third-order valence-electron chi connectivity index (χ3n) is 6.18. The summed E-state index contributed by atoms with van der Waals surface area (Å²) < 4.78 is 27.0. The number of benzene rings is 1. The molecule has 1 aliphatic heterocycles. The molecule has 0 spiro atoms. The summed E-state index contributed by atoms with van der Waals surface area (Å²) in [7, 11) is 1.43. The Morgan fingerprint density at radius 1 is 1.15 bits per heavy atom. The zero-order valence-electron chi connectivity index (χ0n) is 18.6. The van der Waals surface area contributed by atoms with Gasteiger partial charge in [-0.15, -0.1) is 11.3 Å². The van der Waals surface area contributed by atoms with E-state index >= 15 is 0 Å². The lowest BCUT2D eigenvalue weighted by Gasteiger charge is -2.33. The van der Waals surface area contributed by atoms with Crippen molar-refractivity contribution in [1.82, 2.24) is 20.6 Å². The van der Waals surface area contributed by atoms with Crippen LogP contribution in [0.25, 0.3) is 10.2 Å². The smallest absolute Gasteiger partial charge is 0.246 e. The van der Waals surface area contributed by atoms with Gasteiger partial charge in [0.2, 0.25) is 11.8 Å². The number of anilines is 1. The molecule has 2 aromatic heterocycles. The first-order valence-corrected chi connectivity index (χ1v) is 11.5. The molecule has 10 heteroatoms. The highest BCUT2D eigenvalue weighted by atomic mass is 32.1. The number of carbonyl (C=O) groups is 2. The van der Waals surface area contributed by atoms with Crippen LogP contribution in [0.3, 0.4) is 0 Å². The largest absolute Gasteiger partial charge is 0.357 e. The number of aryl methyl sites for hydroxylation is 2.